The van der Waals surface area contributed by atoms with Crippen molar-refractivity contribution in [2.24, 2.45) is 0 Å². The minimum atomic E-state index is -0.563. The van der Waals surface area contributed by atoms with Gasteiger partial charge in [-0.05, 0) is 37.1 Å². The maximum Gasteiger partial charge on any atom is 0.356 e. The number of carbonyl (C=O) groups excluding carboxylic acids is 2. The van der Waals surface area contributed by atoms with E-state index in [0.717, 1.165) is 16.7 Å². The van der Waals surface area contributed by atoms with Crippen molar-refractivity contribution in [2.45, 2.75) is 13.8 Å². The molecule has 0 aliphatic rings. The number of hydrogen-bond donors (Lipinski definition) is 1. The highest BCUT2D eigenvalue weighted by Gasteiger charge is 2.22. The summed E-state index contributed by atoms with van der Waals surface area (Å²) in [7, 11) is 0. The molecule has 1 aromatic heterocycles. The van der Waals surface area contributed by atoms with E-state index in [1.807, 2.05) is 54.6 Å². The number of H-pyrrole nitrogens is 1. The van der Waals surface area contributed by atoms with Crippen LogP contribution in [0.15, 0.2) is 60.8 Å². The zero-order valence-corrected chi connectivity index (χ0v) is 16.3. The highest BCUT2D eigenvalue weighted by molar-refractivity contribution is 5.99. The zero-order chi connectivity index (χ0) is 20.6. The maximum atomic E-state index is 12.2. The number of aromatic nitrogens is 1. The van der Waals surface area contributed by atoms with Crippen LogP contribution in [-0.4, -0.2) is 30.1 Å². The first-order chi connectivity index (χ1) is 14.1. The molecular formula is C24H21NO4. The zero-order valence-electron chi connectivity index (χ0n) is 16.3. The van der Waals surface area contributed by atoms with Crippen molar-refractivity contribution in [1.82, 2.24) is 4.98 Å². The Morgan fingerprint density at radius 3 is 2.10 bits per heavy atom. The van der Waals surface area contributed by atoms with Gasteiger partial charge in [-0.15, -0.1) is 0 Å². The van der Waals surface area contributed by atoms with Crippen LogP contribution in [0.4, 0.5) is 0 Å². The standard InChI is InChI=1S/C24H21NO4/c1-3-28-23(26)21-16-25-22(24(27)29-4-2)20(21)15-12-17-10-13-19(14-11-17)18-8-6-5-7-9-18/h5-11,13-14,16,25H,3-4H2,1-2H3. The number of esters is 2. The lowest BCUT2D eigenvalue weighted by Crippen LogP contribution is -2.09. The lowest BCUT2D eigenvalue weighted by molar-refractivity contribution is 0.0518. The third-order valence-corrected chi connectivity index (χ3v) is 4.18. The molecule has 2 aromatic carbocycles. The monoisotopic (exact) mass is 387 g/mol. The molecule has 29 heavy (non-hydrogen) atoms. The summed E-state index contributed by atoms with van der Waals surface area (Å²) in [6, 6.07) is 17.8. The molecule has 0 bridgehead atoms. The summed E-state index contributed by atoms with van der Waals surface area (Å²) in [6.45, 7) is 3.89. The summed E-state index contributed by atoms with van der Waals surface area (Å²) in [5, 5.41) is 0. The van der Waals surface area contributed by atoms with Gasteiger partial charge in [0.15, 0.2) is 0 Å². The van der Waals surface area contributed by atoms with Gasteiger partial charge in [0.05, 0.1) is 24.3 Å². The van der Waals surface area contributed by atoms with E-state index >= 15 is 0 Å². The van der Waals surface area contributed by atoms with Crippen LogP contribution >= 0.6 is 0 Å². The fraction of sp³-hybridized carbons (Fsp3) is 0.167. The third-order valence-electron chi connectivity index (χ3n) is 4.18. The Bertz CT molecular complexity index is 1020. The molecule has 0 saturated heterocycles. The van der Waals surface area contributed by atoms with Crippen molar-refractivity contribution in [2.75, 3.05) is 13.2 Å². The molecule has 0 saturated carbocycles. The largest absolute Gasteiger partial charge is 0.462 e. The lowest BCUT2D eigenvalue weighted by Gasteiger charge is -2.02. The van der Waals surface area contributed by atoms with Crippen LogP contribution < -0.4 is 0 Å². The van der Waals surface area contributed by atoms with Gasteiger partial charge in [0, 0.05) is 11.8 Å². The van der Waals surface area contributed by atoms with Crippen molar-refractivity contribution in [3.05, 3.63) is 83.2 Å². The normalized spacial score (nSPS) is 10.0. The van der Waals surface area contributed by atoms with Crippen LogP contribution in [0.3, 0.4) is 0 Å². The first-order valence-corrected chi connectivity index (χ1v) is 9.37. The lowest BCUT2D eigenvalue weighted by atomic mass is 10.0. The number of carbonyl (C=O) groups is 2. The number of hydrogen-bond acceptors (Lipinski definition) is 4. The Morgan fingerprint density at radius 1 is 0.828 bits per heavy atom. The molecule has 0 radical (unpaired) electrons. The van der Waals surface area contributed by atoms with E-state index in [2.05, 4.69) is 16.8 Å². The molecular weight excluding hydrogens is 366 g/mol. The van der Waals surface area contributed by atoms with E-state index in [-0.39, 0.29) is 30.0 Å². The molecule has 1 heterocycles. The summed E-state index contributed by atoms with van der Waals surface area (Å²) in [4.78, 5) is 27.2. The SMILES string of the molecule is CCOC(=O)c1c[nH]c(C(=O)OCC)c1C#Cc1ccc(-c2ccccc2)cc1. The van der Waals surface area contributed by atoms with Crippen LogP contribution in [0.2, 0.25) is 0 Å². The Balaban J connectivity index is 1.93. The first kappa shape index (κ1) is 20.0. The van der Waals surface area contributed by atoms with Gasteiger partial charge in [0.2, 0.25) is 0 Å². The quantitative estimate of drug-likeness (QED) is 0.519. The molecule has 0 spiro atoms. The van der Waals surface area contributed by atoms with Gasteiger partial charge in [-0.3, -0.25) is 0 Å². The maximum absolute atomic E-state index is 12.2. The minimum Gasteiger partial charge on any atom is -0.462 e. The number of rotatable bonds is 5. The Morgan fingerprint density at radius 2 is 1.45 bits per heavy atom. The topological polar surface area (TPSA) is 68.4 Å². The average molecular weight is 387 g/mol. The van der Waals surface area contributed by atoms with Crippen molar-refractivity contribution in [3.8, 4) is 23.0 Å². The molecule has 5 heteroatoms. The van der Waals surface area contributed by atoms with E-state index in [0.29, 0.717) is 0 Å². The molecule has 3 aromatic rings. The van der Waals surface area contributed by atoms with Crippen molar-refractivity contribution >= 4 is 11.9 Å². The van der Waals surface area contributed by atoms with Gasteiger partial charge < -0.3 is 14.5 Å². The molecule has 146 valence electrons. The van der Waals surface area contributed by atoms with Gasteiger partial charge in [-0.25, -0.2) is 9.59 Å². The molecule has 0 unspecified atom stereocenters. The second-order valence-corrected chi connectivity index (χ2v) is 6.09. The first-order valence-electron chi connectivity index (χ1n) is 9.37. The average Bonchev–Trinajstić information content (AvgIpc) is 3.18. The van der Waals surface area contributed by atoms with E-state index in [4.69, 9.17) is 9.47 Å². The van der Waals surface area contributed by atoms with Crippen LogP contribution in [-0.2, 0) is 9.47 Å². The molecule has 0 aliphatic carbocycles. The Labute approximate surface area is 169 Å². The molecule has 0 aliphatic heterocycles. The Kier molecular flexibility index (Phi) is 6.49. The number of ether oxygens (including phenoxy) is 2. The van der Waals surface area contributed by atoms with E-state index in [1.54, 1.807) is 13.8 Å². The second kappa shape index (κ2) is 9.43. The smallest absolute Gasteiger partial charge is 0.356 e. The number of benzene rings is 2. The fourth-order valence-corrected chi connectivity index (χ4v) is 2.80. The fourth-order valence-electron chi connectivity index (χ4n) is 2.80. The summed E-state index contributed by atoms with van der Waals surface area (Å²) < 4.78 is 10.1. The molecule has 0 fully saturated rings. The summed E-state index contributed by atoms with van der Waals surface area (Å²) in [6.07, 6.45) is 1.42. The number of aromatic amines is 1. The van der Waals surface area contributed by atoms with Crippen LogP contribution in [0, 0.1) is 11.8 Å². The van der Waals surface area contributed by atoms with Crippen LogP contribution in [0.25, 0.3) is 11.1 Å². The van der Waals surface area contributed by atoms with Crippen molar-refractivity contribution < 1.29 is 19.1 Å². The summed E-state index contributed by atoms with van der Waals surface area (Å²) >= 11 is 0. The van der Waals surface area contributed by atoms with E-state index < -0.39 is 11.9 Å². The highest BCUT2D eigenvalue weighted by Crippen LogP contribution is 2.20. The van der Waals surface area contributed by atoms with Gasteiger partial charge in [0.1, 0.15) is 5.69 Å². The second-order valence-electron chi connectivity index (χ2n) is 6.09. The van der Waals surface area contributed by atoms with Crippen molar-refractivity contribution in [3.63, 3.8) is 0 Å². The molecule has 0 amide bonds. The van der Waals surface area contributed by atoms with E-state index in [1.165, 1.54) is 6.20 Å². The Hall–Kier alpha value is -3.78. The summed E-state index contributed by atoms with van der Waals surface area (Å²) in [5.74, 6) is 4.85. The van der Waals surface area contributed by atoms with Crippen LogP contribution in [0.5, 0.6) is 0 Å². The van der Waals surface area contributed by atoms with Crippen molar-refractivity contribution in [1.29, 1.82) is 0 Å². The summed E-state index contributed by atoms with van der Waals surface area (Å²) in [5.41, 5.74) is 3.58. The minimum absolute atomic E-state index is 0.142. The molecule has 5 nitrogen and oxygen atoms in total. The predicted molar refractivity (Wildman–Crippen MR) is 111 cm³/mol. The van der Waals surface area contributed by atoms with Gasteiger partial charge in [-0.1, -0.05) is 54.3 Å². The molecule has 0 atom stereocenters. The van der Waals surface area contributed by atoms with Gasteiger partial charge >= 0.3 is 11.9 Å². The van der Waals surface area contributed by atoms with Gasteiger partial charge in [-0.2, -0.15) is 0 Å². The van der Waals surface area contributed by atoms with Crippen LogP contribution in [0.1, 0.15) is 45.8 Å². The van der Waals surface area contributed by atoms with Gasteiger partial charge in [0.25, 0.3) is 0 Å². The molecule has 1 N–H and O–H groups in total. The third kappa shape index (κ3) is 4.74. The van der Waals surface area contributed by atoms with E-state index in [9.17, 15) is 9.59 Å². The molecule has 3 rings (SSSR count). The number of nitrogens with one attached hydrogen (secondary N) is 1. The highest BCUT2D eigenvalue weighted by atomic mass is 16.5. The predicted octanol–water partition coefficient (Wildman–Crippen LogP) is 4.43.